The molecule has 0 aliphatic carbocycles. The minimum absolute atomic E-state index is 0.125. The molecule has 3 nitrogen and oxygen atoms in total. The van der Waals surface area contributed by atoms with E-state index in [1.54, 1.807) is 0 Å². The Bertz CT molecular complexity index is 996. The fourth-order valence-corrected chi connectivity index (χ4v) is 5.64. The molecule has 2 aliphatic heterocycles. The molecule has 3 N–H and O–H groups in total. The molecule has 6 heteroatoms. The molecule has 2 fully saturated rings. The van der Waals surface area contributed by atoms with Crippen LogP contribution in [0.25, 0.3) is 0 Å². The Morgan fingerprint density at radius 3 is 1.44 bits per heavy atom. The van der Waals surface area contributed by atoms with Crippen molar-refractivity contribution in [2.45, 2.75) is 36.7 Å². The molecule has 3 aromatic carbocycles. The van der Waals surface area contributed by atoms with Crippen molar-refractivity contribution in [2.75, 3.05) is 26.2 Å². The Morgan fingerprint density at radius 2 is 0.971 bits per heavy atom. The summed E-state index contributed by atoms with van der Waals surface area (Å²) < 4.78 is 1.28. The Hall–Kier alpha value is -1.15. The van der Waals surface area contributed by atoms with Crippen LogP contribution in [0, 0.1) is 3.57 Å². The number of aliphatic hydroxyl groups is 1. The zero-order valence-electron chi connectivity index (χ0n) is 19.2. The summed E-state index contributed by atoms with van der Waals surface area (Å²) in [6, 6.07) is 24.8. The zero-order chi connectivity index (χ0) is 24.0. The van der Waals surface area contributed by atoms with Crippen molar-refractivity contribution in [3.63, 3.8) is 0 Å². The van der Waals surface area contributed by atoms with Crippen LogP contribution < -0.4 is 10.6 Å². The second-order valence-corrected chi connectivity index (χ2v) is 11.3. The molecule has 0 aromatic heterocycles. The summed E-state index contributed by atoms with van der Waals surface area (Å²) in [4.78, 5) is 0. The number of halogens is 3. The number of nitrogens with one attached hydrogen (secondary N) is 2. The summed E-state index contributed by atoms with van der Waals surface area (Å²) >= 11 is 14.2. The average molecular weight is 609 g/mol. The highest BCUT2D eigenvalue weighted by Crippen LogP contribution is 2.40. The molecule has 0 atom stereocenters. The maximum absolute atomic E-state index is 10.4. The van der Waals surface area contributed by atoms with Gasteiger partial charge in [0.1, 0.15) is 0 Å². The number of benzene rings is 3. The molecule has 0 radical (unpaired) electrons. The molecule has 0 bridgehead atoms. The molecule has 34 heavy (non-hydrogen) atoms. The fraction of sp³-hybridized carbons (Fsp3) is 0.357. The van der Waals surface area contributed by atoms with Gasteiger partial charge in [-0.05, 0) is 128 Å². The van der Waals surface area contributed by atoms with Crippen LogP contribution in [0.4, 0.5) is 0 Å². The molecule has 180 valence electrons. The van der Waals surface area contributed by atoms with Crippen molar-refractivity contribution in [1.82, 2.24) is 10.6 Å². The van der Waals surface area contributed by atoms with Gasteiger partial charge in [-0.1, -0.05) is 59.6 Å². The van der Waals surface area contributed by atoms with E-state index in [4.69, 9.17) is 23.2 Å². The molecule has 2 heterocycles. The quantitative estimate of drug-likeness (QED) is 0.297. The van der Waals surface area contributed by atoms with Crippen molar-refractivity contribution in [2.24, 2.45) is 0 Å². The molecule has 0 spiro atoms. The van der Waals surface area contributed by atoms with Gasteiger partial charge in [-0.3, -0.25) is 0 Å². The van der Waals surface area contributed by atoms with Gasteiger partial charge in [-0.2, -0.15) is 0 Å². The average Bonchev–Trinajstić information content (AvgIpc) is 2.86. The highest BCUT2D eigenvalue weighted by Gasteiger charge is 2.35. The Balaban J connectivity index is 0.000000172. The SMILES string of the molecule is Clc1ccc(C2(c3ccc(I)cc3)CCNCC2)cc1.OC1(c2ccc(Cl)cc2)CCNCC1. The van der Waals surface area contributed by atoms with Gasteiger partial charge < -0.3 is 15.7 Å². The smallest absolute Gasteiger partial charge is 0.0920 e. The predicted octanol–water partition coefficient (Wildman–Crippen LogP) is 6.53. The normalized spacial score (nSPS) is 19.1. The molecule has 0 saturated carbocycles. The van der Waals surface area contributed by atoms with Gasteiger partial charge >= 0.3 is 0 Å². The second kappa shape index (κ2) is 11.7. The summed E-state index contributed by atoms with van der Waals surface area (Å²) in [5.41, 5.74) is 3.24. The fourth-order valence-electron chi connectivity index (χ4n) is 5.02. The van der Waals surface area contributed by atoms with Crippen molar-refractivity contribution >= 4 is 45.8 Å². The van der Waals surface area contributed by atoms with E-state index in [1.807, 2.05) is 36.4 Å². The summed E-state index contributed by atoms with van der Waals surface area (Å²) in [5.74, 6) is 0. The van der Waals surface area contributed by atoms with Gasteiger partial charge in [-0.25, -0.2) is 0 Å². The maximum Gasteiger partial charge on any atom is 0.0920 e. The van der Waals surface area contributed by atoms with E-state index < -0.39 is 5.60 Å². The first kappa shape index (κ1) is 25.9. The van der Waals surface area contributed by atoms with Crippen LogP contribution in [-0.2, 0) is 11.0 Å². The lowest BCUT2D eigenvalue weighted by molar-refractivity contribution is 0.00594. The summed E-state index contributed by atoms with van der Waals surface area (Å²) in [6.45, 7) is 3.88. The third-order valence-electron chi connectivity index (χ3n) is 7.06. The Kier molecular flexibility index (Phi) is 8.94. The minimum Gasteiger partial charge on any atom is -0.385 e. The van der Waals surface area contributed by atoms with Crippen LogP contribution in [0.5, 0.6) is 0 Å². The van der Waals surface area contributed by atoms with Crippen molar-refractivity contribution in [3.8, 4) is 0 Å². The lowest BCUT2D eigenvalue weighted by Gasteiger charge is -2.39. The van der Waals surface area contributed by atoms with Crippen LogP contribution in [0.3, 0.4) is 0 Å². The highest BCUT2D eigenvalue weighted by atomic mass is 127. The minimum atomic E-state index is -0.657. The van der Waals surface area contributed by atoms with Gasteiger partial charge in [0.2, 0.25) is 0 Å². The van der Waals surface area contributed by atoms with Crippen LogP contribution in [0.15, 0.2) is 72.8 Å². The molecule has 2 saturated heterocycles. The first-order chi connectivity index (χ1) is 16.4. The highest BCUT2D eigenvalue weighted by molar-refractivity contribution is 14.1. The molecule has 2 aliphatic rings. The molecule has 3 aromatic rings. The van der Waals surface area contributed by atoms with E-state index in [2.05, 4.69) is 69.6 Å². The Morgan fingerprint density at radius 1 is 0.588 bits per heavy atom. The summed E-state index contributed by atoms with van der Waals surface area (Å²) in [7, 11) is 0. The van der Waals surface area contributed by atoms with Gasteiger partial charge in [-0.15, -0.1) is 0 Å². The van der Waals surface area contributed by atoms with Crippen LogP contribution in [0.1, 0.15) is 42.4 Å². The topological polar surface area (TPSA) is 44.3 Å². The lowest BCUT2D eigenvalue weighted by atomic mass is 9.68. The summed E-state index contributed by atoms with van der Waals surface area (Å²) in [5, 5.41) is 18.6. The molecule has 0 amide bonds. The molecular weight excluding hydrogens is 578 g/mol. The van der Waals surface area contributed by atoms with Crippen molar-refractivity contribution < 1.29 is 5.11 Å². The largest absolute Gasteiger partial charge is 0.385 e. The van der Waals surface area contributed by atoms with Crippen molar-refractivity contribution in [1.29, 1.82) is 0 Å². The monoisotopic (exact) mass is 608 g/mol. The first-order valence-electron chi connectivity index (χ1n) is 11.8. The zero-order valence-corrected chi connectivity index (χ0v) is 22.8. The first-order valence-corrected chi connectivity index (χ1v) is 13.7. The summed E-state index contributed by atoms with van der Waals surface area (Å²) in [6.07, 6.45) is 3.81. The van der Waals surface area contributed by atoms with Gasteiger partial charge in [0.05, 0.1) is 5.60 Å². The molecule has 0 unspecified atom stereocenters. The van der Waals surface area contributed by atoms with E-state index in [-0.39, 0.29) is 5.41 Å². The number of rotatable bonds is 3. The van der Waals surface area contributed by atoms with Gasteiger partial charge in [0.25, 0.3) is 0 Å². The predicted molar refractivity (Wildman–Crippen MR) is 151 cm³/mol. The van der Waals surface area contributed by atoms with Crippen molar-refractivity contribution in [3.05, 3.63) is 103 Å². The standard InChI is InChI=1S/C17H17ClIN.C11H14ClNO/c18-15-5-1-13(2-6-15)17(9-11-20-12-10-17)14-3-7-16(19)8-4-14;12-10-3-1-9(2-4-10)11(14)5-7-13-8-6-11/h1-8,20H,9-12H2;1-4,13-14H,5-8H2. The second-order valence-electron chi connectivity index (χ2n) is 9.13. The molecule has 5 rings (SSSR count). The van der Waals surface area contributed by atoms with Gasteiger partial charge in [0.15, 0.2) is 0 Å². The van der Waals surface area contributed by atoms with E-state index >= 15 is 0 Å². The van der Waals surface area contributed by atoms with E-state index in [1.165, 1.54) is 14.7 Å². The number of hydrogen-bond acceptors (Lipinski definition) is 3. The molecular formula is C28H31Cl2IN2O. The third-order valence-corrected chi connectivity index (χ3v) is 8.29. The number of hydrogen-bond donors (Lipinski definition) is 3. The van der Waals surface area contributed by atoms with Gasteiger partial charge in [0, 0.05) is 19.0 Å². The third kappa shape index (κ3) is 6.15. The van der Waals surface area contributed by atoms with Crippen LogP contribution in [-0.4, -0.2) is 31.3 Å². The number of piperidine rings is 2. The van der Waals surface area contributed by atoms with Crippen LogP contribution in [0.2, 0.25) is 10.0 Å². The van der Waals surface area contributed by atoms with Crippen LogP contribution >= 0.6 is 45.8 Å². The van der Waals surface area contributed by atoms with E-state index in [0.717, 1.165) is 62.4 Å². The lowest BCUT2D eigenvalue weighted by Crippen LogP contribution is -2.40. The maximum atomic E-state index is 10.4. The van der Waals surface area contributed by atoms with E-state index in [0.29, 0.717) is 5.02 Å². The Labute approximate surface area is 226 Å². The van der Waals surface area contributed by atoms with E-state index in [9.17, 15) is 5.11 Å².